The molecule has 1 aromatic carbocycles. The van der Waals surface area contributed by atoms with Crippen LogP contribution >= 0.6 is 0 Å². The van der Waals surface area contributed by atoms with Gasteiger partial charge in [-0.1, -0.05) is 36.4 Å². The van der Waals surface area contributed by atoms with Crippen molar-refractivity contribution in [1.29, 1.82) is 0 Å². The first-order valence-electron chi connectivity index (χ1n) is 6.05. The molecule has 1 aromatic heterocycles. The Morgan fingerprint density at radius 1 is 1.06 bits per heavy atom. The highest BCUT2D eigenvalue weighted by Gasteiger charge is 2.02. The summed E-state index contributed by atoms with van der Waals surface area (Å²) in [5, 5.41) is 0. The van der Waals surface area contributed by atoms with Gasteiger partial charge in [-0.15, -0.1) is 0 Å². The zero-order valence-electron chi connectivity index (χ0n) is 10.2. The lowest BCUT2D eigenvalue weighted by Crippen LogP contribution is -1.96. The Morgan fingerprint density at radius 2 is 1.83 bits per heavy atom. The van der Waals surface area contributed by atoms with Crippen LogP contribution < -0.4 is 0 Å². The van der Waals surface area contributed by atoms with Gasteiger partial charge in [0.15, 0.2) is 0 Å². The molecule has 2 aromatic rings. The minimum absolute atomic E-state index is 0.678. The molecule has 0 aliphatic carbocycles. The molecule has 0 aliphatic rings. The van der Waals surface area contributed by atoms with Crippen molar-refractivity contribution in [2.45, 2.75) is 19.3 Å². The third-order valence-electron chi connectivity index (χ3n) is 2.81. The molecule has 0 fully saturated rings. The zero-order valence-corrected chi connectivity index (χ0v) is 10.2. The van der Waals surface area contributed by atoms with Crippen LogP contribution in [0.25, 0.3) is 0 Å². The fourth-order valence-corrected chi connectivity index (χ4v) is 1.84. The highest BCUT2D eigenvalue weighted by Crippen LogP contribution is 2.11. The maximum atomic E-state index is 10.9. The quantitative estimate of drug-likeness (QED) is 0.748. The summed E-state index contributed by atoms with van der Waals surface area (Å²) in [4.78, 5) is 15.2. The van der Waals surface area contributed by atoms with Gasteiger partial charge in [0.25, 0.3) is 0 Å². The number of pyridine rings is 1. The Morgan fingerprint density at radius 3 is 2.50 bits per heavy atom. The van der Waals surface area contributed by atoms with Gasteiger partial charge in [-0.2, -0.15) is 0 Å². The predicted molar refractivity (Wildman–Crippen MR) is 71.9 cm³/mol. The van der Waals surface area contributed by atoms with Crippen molar-refractivity contribution < 1.29 is 4.79 Å². The van der Waals surface area contributed by atoms with Gasteiger partial charge in [0.1, 0.15) is 5.94 Å². The van der Waals surface area contributed by atoms with E-state index in [2.05, 4.69) is 10.9 Å². The van der Waals surface area contributed by atoms with Gasteiger partial charge in [0.2, 0.25) is 0 Å². The number of carbonyl (C=O) groups excluding carboxylic acids is 1. The Labute approximate surface area is 107 Å². The van der Waals surface area contributed by atoms with Gasteiger partial charge in [-0.25, -0.2) is 4.79 Å². The van der Waals surface area contributed by atoms with Gasteiger partial charge < -0.3 is 0 Å². The molecule has 0 N–H and O–H groups in total. The molecular weight excluding hydrogens is 222 g/mol. The molecule has 2 heteroatoms. The van der Waals surface area contributed by atoms with Crippen molar-refractivity contribution in [2.24, 2.45) is 0 Å². The number of hydrogen-bond donors (Lipinski definition) is 0. The van der Waals surface area contributed by atoms with E-state index in [0.717, 1.165) is 29.7 Å². The Hall–Kier alpha value is -2.18. The first kappa shape index (κ1) is 12.3. The van der Waals surface area contributed by atoms with Crippen LogP contribution in [0.1, 0.15) is 17.7 Å². The van der Waals surface area contributed by atoms with Crippen molar-refractivity contribution in [3.8, 4) is 0 Å². The van der Waals surface area contributed by atoms with Crippen molar-refractivity contribution in [1.82, 2.24) is 4.98 Å². The Bertz CT molecular complexity index is 528. The van der Waals surface area contributed by atoms with Crippen LogP contribution in [0.2, 0.25) is 0 Å². The molecule has 0 aliphatic heterocycles. The van der Waals surface area contributed by atoms with Crippen LogP contribution in [-0.4, -0.2) is 10.9 Å². The standard InChI is InChI=1S/C16H15NO/c18-13-15(12-14-6-2-1-3-7-14)9-10-16-8-4-5-11-17-16/h1-8,11H,9-10,12H2. The molecule has 90 valence electrons. The fraction of sp³-hybridized carbons (Fsp3) is 0.188. The lowest BCUT2D eigenvalue weighted by atomic mass is 10.0. The van der Waals surface area contributed by atoms with Crippen LogP contribution in [0.3, 0.4) is 0 Å². The van der Waals surface area contributed by atoms with E-state index in [4.69, 9.17) is 0 Å². The number of allylic oxidation sites excluding steroid dienone is 1. The van der Waals surface area contributed by atoms with Crippen molar-refractivity contribution >= 4 is 5.94 Å². The highest BCUT2D eigenvalue weighted by atomic mass is 16.1. The number of benzene rings is 1. The minimum atomic E-state index is 0.678. The van der Waals surface area contributed by atoms with Gasteiger partial charge in [0.05, 0.1) is 0 Å². The van der Waals surface area contributed by atoms with Gasteiger partial charge >= 0.3 is 0 Å². The highest BCUT2D eigenvalue weighted by molar-refractivity contribution is 5.53. The SMILES string of the molecule is O=C=C(CCc1ccccn1)Cc1ccccc1. The maximum absolute atomic E-state index is 10.9. The molecule has 0 radical (unpaired) electrons. The lowest BCUT2D eigenvalue weighted by Gasteiger charge is -2.03. The second-order valence-corrected chi connectivity index (χ2v) is 4.19. The summed E-state index contributed by atoms with van der Waals surface area (Å²) in [6.45, 7) is 0. The maximum Gasteiger partial charge on any atom is 0.123 e. The van der Waals surface area contributed by atoms with Gasteiger partial charge in [-0.05, 0) is 30.5 Å². The molecule has 1 heterocycles. The van der Waals surface area contributed by atoms with Crippen LogP contribution in [0.5, 0.6) is 0 Å². The minimum Gasteiger partial charge on any atom is -0.261 e. The van der Waals surface area contributed by atoms with Gasteiger partial charge in [0, 0.05) is 23.9 Å². The molecule has 2 rings (SSSR count). The molecule has 2 nitrogen and oxygen atoms in total. The Kier molecular flexibility index (Phi) is 4.46. The lowest BCUT2D eigenvalue weighted by molar-refractivity contribution is 0.565. The molecular formula is C16H15NO. The van der Waals surface area contributed by atoms with E-state index in [-0.39, 0.29) is 0 Å². The van der Waals surface area contributed by atoms with E-state index in [1.807, 2.05) is 48.5 Å². The number of hydrogen-bond acceptors (Lipinski definition) is 2. The average molecular weight is 237 g/mol. The topological polar surface area (TPSA) is 30.0 Å². The second kappa shape index (κ2) is 6.53. The van der Waals surface area contributed by atoms with Crippen LogP contribution in [-0.2, 0) is 17.6 Å². The second-order valence-electron chi connectivity index (χ2n) is 4.19. The van der Waals surface area contributed by atoms with E-state index < -0.39 is 0 Å². The molecule has 18 heavy (non-hydrogen) atoms. The summed E-state index contributed by atoms with van der Waals surface area (Å²) < 4.78 is 0. The molecule has 0 amide bonds. The summed E-state index contributed by atoms with van der Waals surface area (Å²) in [7, 11) is 0. The summed E-state index contributed by atoms with van der Waals surface area (Å²) in [6.07, 6.45) is 3.96. The molecule has 0 saturated carbocycles. The van der Waals surface area contributed by atoms with E-state index in [9.17, 15) is 4.79 Å². The first-order chi connectivity index (χ1) is 8.88. The van der Waals surface area contributed by atoms with E-state index >= 15 is 0 Å². The van der Waals surface area contributed by atoms with Crippen molar-refractivity contribution in [3.05, 3.63) is 71.6 Å². The third-order valence-corrected chi connectivity index (χ3v) is 2.81. The summed E-state index contributed by atoms with van der Waals surface area (Å²) in [6, 6.07) is 15.8. The average Bonchev–Trinajstić information content (AvgIpc) is 2.45. The van der Waals surface area contributed by atoms with Crippen LogP contribution in [0.15, 0.2) is 60.3 Å². The fourth-order valence-electron chi connectivity index (χ4n) is 1.84. The summed E-state index contributed by atoms with van der Waals surface area (Å²) in [5.74, 6) is 2.06. The van der Waals surface area contributed by atoms with Gasteiger partial charge in [-0.3, -0.25) is 4.98 Å². The molecule has 0 saturated heterocycles. The Balaban J connectivity index is 1.93. The summed E-state index contributed by atoms with van der Waals surface area (Å²) in [5.41, 5.74) is 2.96. The van der Waals surface area contributed by atoms with E-state index in [1.54, 1.807) is 6.20 Å². The largest absolute Gasteiger partial charge is 0.261 e. The number of rotatable bonds is 5. The molecule has 0 atom stereocenters. The van der Waals surface area contributed by atoms with Crippen LogP contribution in [0, 0.1) is 0 Å². The summed E-state index contributed by atoms with van der Waals surface area (Å²) >= 11 is 0. The molecule has 0 bridgehead atoms. The first-order valence-corrected chi connectivity index (χ1v) is 6.05. The predicted octanol–water partition coefficient (Wildman–Crippen LogP) is 3.01. The number of nitrogens with zero attached hydrogens (tertiary/aromatic N) is 1. The third kappa shape index (κ3) is 3.69. The van der Waals surface area contributed by atoms with Crippen molar-refractivity contribution in [2.75, 3.05) is 0 Å². The molecule has 0 spiro atoms. The van der Waals surface area contributed by atoms with E-state index in [1.165, 1.54) is 0 Å². The monoisotopic (exact) mass is 237 g/mol. The zero-order chi connectivity index (χ0) is 12.6. The van der Waals surface area contributed by atoms with E-state index in [0.29, 0.717) is 6.42 Å². The smallest absolute Gasteiger partial charge is 0.123 e. The molecule has 0 unspecified atom stereocenters. The number of aromatic nitrogens is 1. The normalized spacial score (nSPS) is 9.78. The number of aryl methyl sites for hydroxylation is 1. The van der Waals surface area contributed by atoms with Crippen LogP contribution in [0.4, 0.5) is 0 Å². The van der Waals surface area contributed by atoms with Crippen molar-refractivity contribution in [3.63, 3.8) is 0 Å².